The Labute approximate surface area is 177 Å². The third-order valence-electron chi connectivity index (χ3n) is 4.99. The summed E-state index contributed by atoms with van der Waals surface area (Å²) < 4.78 is 13.0. The van der Waals surface area contributed by atoms with Gasteiger partial charge in [-0.3, -0.25) is 4.79 Å². The van der Waals surface area contributed by atoms with Crippen LogP contribution in [0.25, 0.3) is 22.3 Å². The Morgan fingerprint density at radius 1 is 1.14 bits per heavy atom. The van der Waals surface area contributed by atoms with Gasteiger partial charge in [-0.1, -0.05) is 33.6 Å². The molecule has 2 heterocycles. The van der Waals surface area contributed by atoms with Crippen molar-refractivity contribution in [3.63, 3.8) is 0 Å². The van der Waals surface area contributed by atoms with E-state index in [1.807, 2.05) is 18.2 Å². The molecular formula is C22H21BrClNO3. The summed E-state index contributed by atoms with van der Waals surface area (Å²) in [6.45, 7) is 4.03. The first-order valence-corrected chi connectivity index (χ1v) is 10.7. The Bertz CT molecular complexity index is 1040. The molecule has 0 aliphatic carbocycles. The molecule has 0 N–H and O–H groups in total. The average molecular weight is 463 g/mol. The number of fused-ring (bicyclic) bond motifs is 1. The van der Waals surface area contributed by atoms with Gasteiger partial charge < -0.3 is 14.1 Å². The molecule has 0 radical (unpaired) electrons. The number of hydrogen-bond acceptors (Lipinski definition) is 4. The maximum atomic E-state index is 12.5. The lowest BCUT2D eigenvalue weighted by Gasteiger charge is -2.16. The number of benzene rings is 2. The van der Waals surface area contributed by atoms with Crippen molar-refractivity contribution >= 4 is 38.5 Å². The molecule has 6 heteroatoms. The second-order valence-electron chi connectivity index (χ2n) is 6.98. The zero-order valence-corrected chi connectivity index (χ0v) is 17.8. The molecule has 0 unspecified atom stereocenters. The van der Waals surface area contributed by atoms with Gasteiger partial charge in [0.25, 0.3) is 0 Å². The van der Waals surface area contributed by atoms with E-state index in [1.165, 1.54) is 32.0 Å². The van der Waals surface area contributed by atoms with Crippen LogP contribution < -0.4 is 10.2 Å². The molecule has 1 aliphatic rings. The number of halogens is 2. The smallest absolute Gasteiger partial charge is 0.193 e. The molecular weight excluding hydrogens is 442 g/mol. The first-order valence-electron chi connectivity index (χ1n) is 9.49. The fourth-order valence-corrected chi connectivity index (χ4v) is 4.12. The minimum atomic E-state index is -0.123. The summed E-state index contributed by atoms with van der Waals surface area (Å²) in [5.41, 5.74) is 1.01. The van der Waals surface area contributed by atoms with Gasteiger partial charge in [-0.25, -0.2) is 0 Å². The molecule has 1 aromatic heterocycles. The number of ether oxygens (including phenoxy) is 1. The van der Waals surface area contributed by atoms with Gasteiger partial charge in [-0.05, 0) is 62.7 Å². The van der Waals surface area contributed by atoms with Crippen molar-refractivity contribution in [3.05, 3.63) is 62.2 Å². The fourth-order valence-electron chi connectivity index (χ4n) is 3.57. The van der Waals surface area contributed by atoms with Crippen molar-refractivity contribution in [2.24, 2.45) is 0 Å². The Morgan fingerprint density at radius 3 is 2.79 bits per heavy atom. The van der Waals surface area contributed by atoms with Crippen molar-refractivity contribution in [2.45, 2.75) is 19.3 Å². The van der Waals surface area contributed by atoms with E-state index in [2.05, 4.69) is 20.8 Å². The van der Waals surface area contributed by atoms with Crippen LogP contribution >= 0.6 is 27.5 Å². The van der Waals surface area contributed by atoms with E-state index in [1.54, 1.807) is 18.2 Å². The SMILES string of the molecule is O=c1cc(-c2ccc(Br)cc2OCCCN2CCCC2)oc2c(Cl)cccc12. The van der Waals surface area contributed by atoms with Crippen LogP contribution in [-0.4, -0.2) is 31.1 Å². The van der Waals surface area contributed by atoms with Gasteiger partial charge in [-0.2, -0.15) is 0 Å². The minimum Gasteiger partial charge on any atom is -0.493 e. The lowest BCUT2D eigenvalue weighted by Crippen LogP contribution is -2.21. The molecule has 2 aromatic carbocycles. The van der Waals surface area contributed by atoms with E-state index in [0.29, 0.717) is 34.1 Å². The van der Waals surface area contributed by atoms with Crippen LogP contribution in [0.1, 0.15) is 19.3 Å². The third-order valence-corrected chi connectivity index (χ3v) is 5.78. The molecule has 0 bridgehead atoms. The van der Waals surface area contributed by atoms with Crippen molar-refractivity contribution in [1.82, 2.24) is 4.90 Å². The van der Waals surface area contributed by atoms with Gasteiger partial charge in [0.1, 0.15) is 11.5 Å². The second-order valence-corrected chi connectivity index (χ2v) is 8.31. The molecule has 0 atom stereocenters. The van der Waals surface area contributed by atoms with Gasteiger partial charge in [0.05, 0.1) is 22.6 Å². The normalized spacial score (nSPS) is 14.6. The highest BCUT2D eigenvalue weighted by Gasteiger charge is 2.15. The summed E-state index contributed by atoms with van der Waals surface area (Å²) in [7, 11) is 0. The van der Waals surface area contributed by atoms with E-state index < -0.39 is 0 Å². The first-order chi connectivity index (χ1) is 13.6. The van der Waals surface area contributed by atoms with Gasteiger partial charge in [0, 0.05) is 17.1 Å². The molecule has 1 fully saturated rings. The van der Waals surface area contributed by atoms with Crippen molar-refractivity contribution in [1.29, 1.82) is 0 Å². The van der Waals surface area contributed by atoms with Gasteiger partial charge in [0.2, 0.25) is 0 Å². The van der Waals surface area contributed by atoms with E-state index in [4.69, 9.17) is 20.8 Å². The molecule has 1 saturated heterocycles. The third kappa shape index (κ3) is 4.27. The van der Waals surface area contributed by atoms with Crippen LogP contribution in [0.15, 0.2) is 56.1 Å². The largest absolute Gasteiger partial charge is 0.493 e. The average Bonchev–Trinajstić information content (AvgIpc) is 3.20. The van der Waals surface area contributed by atoms with Crippen LogP contribution in [-0.2, 0) is 0 Å². The van der Waals surface area contributed by atoms with E-state index in [-0.39, 0.29) is 5.43 Å². The number of likely N-dealkylation sites (tertiary alicyclic amines) is 1. The summed E-state index contributed by atoms with van der Waals surface area (Å²) in [5, 5.41) is 0.892. The Balaban J connectivity index is 1.60. The van der Waals surface area contributed by atoms with E-state index >= 15 is 0 Å². The second kappa shape index (κ2) is 8.68. The Hall–Kier alpha value is -1.82. The van der Waals surface area contributed by atoms with Crippen LogP contribution in [0.2, 0.25) is 5.02 Å². The van der Waals surface area contributed by atoms with Gasteiger partial charge in [0.15, 0.2) is 11.0 Å². The molecule has 0 spiro atoms. The van der Waals surface area contributed by atoms with E-state index in [9.17, 15) is 4.79 Å². The molecule has 4 rings (SSSR count). The molecule has 4 nitrogen and oxygen atoms in total. The number of hydrogen-bond donors (Lipinski definition) is 0. The monoisotopic (exact) mass is 461 g/mol. The summed E-state index contributed by atoms with van der Waals surface area (Å²) in [6.07, 6.45) is 3.54. The van der Waals surface area contributed by atoms with Crippen LogP contribution in [0, 0.1) is 0 Å². The highest BCUT2D eigenvalue weighted by atomic mass is 79.9. The van der Waals surface area contributed by atoms with E-state index in [0.717, 1.165) is 23.0 Å². The summed E-state index contributed by atoms with van der Waals surface area (Å²) in [6, 6.07) is 12.4. The lowest BCUT2D eigenvalue weighted by molar-refractivity contribution is 0.263. The lowest BCUT2D eigenvalue weighted by atomic mass is 10.1. The number of para-hydroxylation sites is 1. The van der Waals surface area contributed by atoms with Crippen molar-refractivity contribution in [2.75, 3.05) is 26.2 Å². The maximum Gasteiger partial charge on any atom is 0.193 e. The highest BCUT2D eigenvalue weighted by molar-refractivity contribution is 9.10. The predicted molar refractivity (Wildman–Crippen MR) is 116 cm³/mol. The Morgan fingerprint density at radius 2 is 1.96 bits per heavy atom. The zero-order valence-electron chi connectivity index (χ0n) is 15.4. The molecule has 0 saturated carbocycles. The fraction of sp³-hybridized carbons (Fsp3) is 0.318. The van der Waals surface area contributed by atoms with Crippen molar-refractivity contribution in [3.8, 4) is 17.1 Å². The molecule has 0 amide bonds. The van der Waals surface area contributed by atoms with Gasteiger partial charge >= 0.3 is 0 Å². The summed E-state index contributed by atoms with van der Waals surface area (Å²) in [5.74, 6) is 1.14. The topological polar surface area (TPSA) is 42.7 Å². The molecule has 28 heavy (non-hydrogen) atoms. The maximum absolute atomic E-state index is 12.5. The standard InChI is InChI=1S/C22H21BrClNO3/c23-15-7-8-17(20(13-15)27-12-4-11-25-9-1-2-10-25)21-14-19(26)16-5-3-6-18(24)22(16)28-21/h3,5-8,13-14H,1-2,4,9-12H2. The summed E-state index contributed by atoms with van der Waals surface area (Å²) in [4.78, 5) is 15.0. The van der Waals surface area contributed by atoms with Crippen LogP contribution in [0.4, 0.5) is 0 Å². The van der Waals surface area contributed by atoms with Gasteiger partial charge in [-0.15, -0.1) is 0 Å². The predicted octanol–water partition coefficient (Wildman–Crippen LogP) is 5.74. The molecule has 146 valence electrons. The van der Waals surface area contributed by atoms with Crippen LogP contribution in [0.5, 0.6) is 5.75 Å². The molecule has 3 aromatic rings. The first kappa shape index (κ1) is 19.5. The zero-order chi connectivity index (χ0) is 19.5. The number of nitrogens with zero attached hydrogens (tertiary/aromatic N) is 1. The minimum absolute atomic E-state index is 0.123. The Kier molecular flexibility index (Phi) is 6.04. The number of rotatable bonds is 6. The highest BCUT2D eigenvalue weighted by Crippen LogP contribution is 2.34. The van der Waals surface area contributed by atoms with Crippen molar-refractivity contribution < 1.29 is 9.15 Å². The molecule has 1 aliphatic heterocycles. The quantitative estimate of drug-likeness (QED) is 0.438. The summed E-state index contributed by atoms with van der Waals surface area (Å²) >= 11 is 9.74. The van der Waals surface area contributed by atoms with Crippen LogP contribution in [0.3, 0.4) is 0 Å².